The Labute approximate surface area is 143 Å². The Hall–Kier alpha value is -1.91. The molecule has 2 aromatic carbocycles. The second-order valence-electron chi connectivity index (χ2n) is 5.56. The summed E-state index contributed by atoms with van der Waals surface area (Å²) in [6, 6.07) is 9.56. The number of carboxylic acids is 1. The third-order valence-corrected chi connectivity index (χ3v) is 4.61. The van der Waals surface area contributed by atoms with Crippen LogP contribution in [-0.4, -0.2) is 21.3 Å². The summed E-state index contributed by atoms with van der Waals surface area (Å²) in [5, 5.41) is 28.6. The Kier molecular flexibility index (Phi) is 5.07. The molecule has 6 heteroatoms. The number of rotatable bonds is 5. The number of hydrogen-bond acceptors (Lipinski definition) is 3. The first-order chi connectivity index (χ1) is 10.7. The predicted molar refractivity (Wildman–Crippen MR) is 89.6 cm³/mol. The summed E-state index contributed by atoms with van der Waals surface area (Å²) in [5.41, 5.74) is 0.819. The number of aliphatic carboxylic acids is 1. The van der Waals surface area contributed by atoms with E-state index in [0.29, 0.717) is 6.42 Å². The molecule has 0 aliphatic carbocycles. The highest BCUT2D eigenvalue weighted by Gasteiger charge is 2.30. The van der Waals surface area contributed by atoms with Gasteiger partial charge in [0, 0.05) is 11.8 Å². The molecule has 0 bridgehead atoms. The van der Waals surface area contributed by atoms with E-state index in [2.05, 4.69) is 0 Å². The molecule has 0 unspecified atom stereocenters. The van der Waals surface area contributed by atoms with Gasteiger partial charge in [0.2, 0.25) is 0 Å². The van der Waals surface area contributed by atoms with Gasteiger partial charge in [-0.1, -0.05) is 42.3 Å². The summed E-state index contributed by atoms with van der Waals surface area (Å²) in [6.45, 7) is 1.88. The van der Waals surface area contributed by atoms with Crippen LogP contribution in [0.1, 0.15) is 30.9 Å². The molecular weight excluding hydrogens is 339 g/mol. The topological polar surface area (TPSA) is 77.8 Å². The van der Waals surface area contributed by atoms with E-state index in [1.165, 1.54) is 12.1 Å². The lowest BCUT2D eigenvalue weighted by atomic mass is 9.73. The molecule has 0 amide bonds. The number of hydrogen-bond donors (Lipinski definition) is 3. The van der Waals surface area contributed by atoms with Crippen molar-refractivity contribution in [1.82, 2.24) is 0 Å². The minimum Gasteiger partial charge on any atom is -0.506 e. The Balaban J connectivity index is 2.56. The van der Waals surface area contributed by atoms with E-state index in [9.17, 15) is 15.0 Å². The van der Waals surface area contributed by atoms with Crippen LogP contribution in [0.4, 0.5) is 0 Å². The normalized spacial score (nSPS) is 11.4. The first kappa shape index (κ1) is 17.4. The van der Waals surface area contributed by atoms with Crippen LogP contribution in [0.15, 0.2) is 36.4 Å². The summed E-state index contributed by atoms with van der Waals surface area (Å²) >= 11 is 12.0. The summed E-state index contributed by atoms with van der Waals surface area (Å²) in [6.07, 6.45) is 0.262. The number of carboxylic acid groups (broad SMARTS) is 1. The van der Waals surface area contributed by atoms with E-state index in [-0.39, 0.29) is 28.0 Å². The second kappa shape index (κ2) is 6.69. The van der Waals surface area contributed by atoms with Gasteiger partial charge in [0.05, 0.1) is 10.0 Å². The fraction of sp³-hybridized carbons (Fsp3) is 0.235. The minimum absolute atomic E-state index is 0.0419. The van der Waals surface area contributed by atoms with E-state index in [1.807, 2.05) is 6.92 Å². The maximum atomic E-state index is 11.0. The van der Waals surface area contributed by atoms with Gasteiger partial charge in [-0.05, 0) is 41.8 Å². The maximum absolute atomic E-state index is 11.0. The molecule has 0 aliphatic heterocycles. The molecular formula is C17H16Cl2O4. The molecule has 0 saturated carbocycles. The standard InChI is InChI=1S/C17H16Cl2O4/c1-17(7-6-16(22)23,10-2-4-14(20)12(18)8-10)11-3-5-15(21)13(19)9-11/h2-5,8-9,20-21H,6-7H2,1H3,(H,22,23). The van der Waals surface area contributed by atoms with Crippen molar-refractivity contribution < 1.29 is 20.1 Å². The van der Waals surface area contributed by atoms with Crippen molar-refractivity contribution in [3.05, 3.63) is 57.6 Å². The highest BCUT2D eigenvalue weighted by atomic mass is 35.5. The third kappa shape index (κ3) is 3.71. The van der Waals surface area contributed by atoms with Crippen LogP contribution >= 0.6 is 23.2 Å². The summed E-state index contributed by atoms with van der Waals surface area (Å²) in [7, 11) is 0. The maximum Gasteiger partial charge on any atom is 0.303 e. The van der Waals surface area contributed by atoms with Crippen LogP contribution in [0, 0.1) is 0 Å². The molecule has 0 aromatic heterocycles. The fourth-order valence-electron chi connectivity index (χ4n) is 2.51. The zero-order valence-corrected chi connectivity index (χ0v) is 13.9. The van der Waals surface area contributed by atoms with Gasteiger partial charge in [0.15, 0.2) is 0 Å². The molecule has 0 spiro atoms. The Morgan fingerprint density at radius 2 is 1.43 bits per heavy atom. The zero-order chi connectivity index (χ0) is 17.2. The lowest BCUT2D eigenvalue weighted by Gasteiger charge is -2.31. The first-order valence-corrected chi connectivity index (χ1v) is 7.69. The van der Waals surface area contributed by atoms with Gasteiger partial charge in [-0.25, -0.2) is 0 Å². The SMILES string of the molecule is CC(CCC(=O)O)(c1ccc(O)c(Cl)c1)c1ccc(O)c(Cl)c1. The van der Waals surface area contributed by atoms with E-state index in [4.69, 9.17) is 28.3 Å². The fourth-order valence-corrected chi connectivity index (χ4v) is 2.87. The van der Waals surface area contributed by atoms with E-state index in [0.717, 1.165) is 11.1 Å². The van der Waals surface area contributed by atoms with Gasteiger partial charge in [-0.2, -0.15) is 0 Å². The molecule has 4 nitrogen and oxygen atoms in total. The molecule has 0 heterocycles. The number of phenolic OH excluding ortho intramolecular Hbond substituents is 2. The molecule has 0 saturated heterocycles. The monoisotopic (exact) mass is 354 g/mol. The molecule has 2 rings (SSSR count). The predicted octanol–water partition coefficient (Wildman–Crippen LogP) is 4.58. The molecule has 0 aliphatic rings. The average Bonchev–Trinajstić information content (AvgIpc) is 2.50. The van der Waals surface area contributed by atoms with Crippen LogP contribution in [0.5, 0.6) is 11.5 Å². The average molecular weight is 355 g/mol. The van der Waals surface area contributed by atoms with E-state index < -0.39 is 11.4 Å². The van der Waals surface area contributed by atoms with E-state index in [1.54, 1.807) is 24.3 Å². The first-order valence-electron chi connectivity index (χ1n) is 6.94. The van der Waals surface area contributed by atoms with Gasteiger partial charge < -0.3 is 15.3 Å². The largest absolute Gasteiger partial charge is 0.506 e. The second-order valence-corrected chi connectivity index (χ2v) is 6.37. The number of carbonyl (C=O) groups is 1. The van der Waals surface area contributed by atoms with Crippen LogP contribution in [0.3, 0.4) is 0 Å². The van der Waals surface area contributed by atoms with Crippen LogP contribution in [-0.2, 0) is 10.2 Å². The Morgan fingerprint density at radius 1 is 1.00 bits per heavy atom. The summed E-state index contributed by atoms with van der Waals surface area (Å²) in [5.74, 6) is -0.995. The van der Waals surface area contributed by atoms with Crippen molar-refractivity contribution >= 4 is 29.2 Å². The van der Waals surface area contributed by atoms with Gasteiger partial charge in [0.25, 0.3) is 0 Å². The summed E-state index contributed by atoms with van der Waals surface area (Å²) in [4.78, 5) is 11.0. The lowest BCUT2D eigenvalue weighted by Crippen LogP contribution is -2.25. The smallest absolute Gasteiger partial charge is 0.303 e. The Morgan fingerprint density at radius 3 is 1.78 bits per heavy atom. The van der Waals surface area contributed by atoms with Crippen molar-refractivity contribution in [2.75, 3.05) is 0 Å². The molecule has 0 fully saturated rings. The van der Waals surface area contributed by atoms with Crippen molar-refractivity contribution in [2.45, 2.75) is 25.2 Å². The highest BCUT2D eigenvalue weighted by molar-refractivity contribution is 6.32. The van der Waals surface area contributed by atoms with Gasteiger partial charge >= 0.3 is 5.97 Å². The van der Waals surface area contributed by atoms with Crippen molar-refractivity contribution in [3.63, 3.8) is 0 Å². The van der Waals surface area contributed by atoms with Crippen molar-refractivity contribution in [3.8, 4) is 11.5 Å². The molecule has 122 valence electrons. The molecule has 3 N–H and O–H groups in total. The number of halogens is 2. The summed E-state index contributed by atoms with van der Waals surface area (Å²) < 4.78 is 0. The van der Waals surface area contributed by atoms with Crippen LogP contribution in [0.2, 0.25) is 10.0 Å². The number of aromatic hydroxyl groups is 2. The number of phenols is 2. The number of benzene rings is 2. The molecule has 23 heavy (non-hydrogen) atoms. The van der Waals surface area contributed by atoms with Crippen molar-refractivity contribution in [1.29, 1.82) is 0 Å². The highest BCUT2D eigenvalue weighted by Crippen LogP contribution is 2.41. The zero-order valence-electron chi connectivity index (χ0n) is 12.4. The van der Waals surface area contributed by atoms with Gasteiger partial charge in [-0.3, -0.25) is 4.79 Å². The molecule has 0 radical (unpaired) electrons. The lowest BCUT2D eigenvalue weighted by molar-refractivity contribution is -0.137. The quantitative estimate of drug-likeness (QED) is 0.734. The van der Waals surface area contributed by atoms with Crippen LogP contribution < -0.4 is 0 Å². The van der Waals surface area contributed by atoms with Gasteiger partial charge in [0.1, 0.15) is 11.5 Å². The minimum atomic E-state index is -0.911. The van der Waals surface area contributed by atoms with E-state index >= 15 is 0 Å². The molecule has 2 aromatic rings. The van der Waals surface area contributed by atoms with Gasteiger partial charge in [-0.15, -0.1) is 0 Å². The third-order valence-electron chi connectivity index (χ3n) is 4.01. The molecule has 0 atom stereocenters. The van der Waals surface area contributed by atoms with Crippen LogP contribution in [0.25, 0.3) is 0 Å². The Bertz CT molecular complexity index is 692. The van der Waals surface area contributed by atoms with Crippen molar-refractivity contribution in [2.24, 2.45) is 0 Å².